The molecule has 1 aromatic heterocycles. The average Bonchev–Trinajstić information content (AvgIpc) is 2.77. The van der Waals surface area contributed by atoms with E-state index in [-0.39, 0.29) is 11.8 Å². The molecule has 0 aliphatic rings. The molecule has 19 heavy (non-hydrogen) atoms. The van der Waals surface area contributed by atoms with Crippen LogP contribution in [0.3, 0.4) is 0 Å². The monoisotopic (exact) mass is 278 g/mol. The second-order valence-electron chi connectivity index (χ2n) is 4.30. The molecule has 2 rings (SSSR count). The molecule has 0 spiro atoms. The summed E-state index contributed by atoms with van der Waals surface area (Å²) in [5.41, 5.74) is 2.16. The van der Waals surface area contributed by atoms with E-state index in [0.717, 1.165) is 10.4 Å². The molecule has 0 radical (unpaired) electrons. The van der Waals surface area contributed by atoms with Gasteiger partial charge in [-0.05, 0) is 48.6 Å². The Morgan fingerprint density at radius 3 is 2.68 bits per heavy atom. The summed E-state index contributed by atoms with van der Waals surface area (Å²) >= 11 is 1.60. The first-order valence-electron chi connectivity index (χ1n) is 5.90. The molecule has 5 heteroatoms. The van der Waals surface area contributed by atoms with Crippen molar-refractivity contribution >= 4 is 23.1 Å². The van der Waals surface area contributed by atoms with Gasteiger partial charge in [0.1, 0.15) is 5.82 Å². The van der Waals surface area contributed by atoms with Crippen LogP contribution in [-0.2, 0) is 6.54 Å². The van der Waals surface area contributed by atoms with Crippen LogP contribution in [0.4, 0.5) is 14.9 Å². The van der Waals surface area contributed by atoms with E-state index < -0.39 is 0 Å². The minimum Gasteiger partial charge on any atom is -0.333 e. The largest absolute Gasteiger partial charge is 0.333 e. The van der Waals surface area contributed by atoms with Gasteiger partial charge in [0, 0.05) is 10.6 Å². The lowest BCUT2D eigenvalue weighted by Crippen LogP contribution is -2.28. The Labute approximate surface area is 115 Å². The molecule has 0 aliphatic carbocycles. The molecule has 0 fully saturated rings. The van der Waals surface area contributed by atoms with Crippen molar-refractivity contribution in [2.45, 2.75) is 20.4 Å². The van der Waals surface area contributed by atoms with Crippen LogP contribution in [0, 0.1) is 19.7 Å². The normalized spacial score (nSPS) is 10.3. The molecule has 100 valence electrons. The number of halogens is 1. The maximum absolute atomic E-state index is 13.3. The van der Waals surface area contributed by atoms with Crippen molar-refractivity contribution in [3.8, 4) is 0 Å². The molecule has 0 atom stereocenters. The van der Waals surface area contributed by atoms with Gasteiger partial charge in [-0.2, -0.15) is 0 Å². The maximum atomic E-state index is 13.3. The highest BCUT2D eigenvalue weighted by Crippen LogP contribution is 2.15. The Kier molecular flexibility index (Phi) is 4.16. The van der Waals surface area contributed by atoms with Gasteiger partial charge in [0.25, 0.3) is 0 Å². The highest BCUT2D eigenvalue weighted by atomic mass is 32.1. The van der Waals surface area contributed by atoms with Crippen LogP contribution in [0.15, 0.2) is 29.6 Å². The first-order valence-corrected chi connectivity index (χ1v) is 6.78. The van der Waals surface area contributed by atoms with E-state index in [1.165, 1.54) is 6.07 Å². The Morgan fingerprint density at radius 1 is 1.26 bits per heavy atom. The number of nitrogens with one attached hydrogen (secondary N) is 2. The zero-order valence-corrected chi connectivity index (χ0v) is 11.6. The molecule has 1 aromatic carbocycles. The molecule has 0 unspecified atom stereocenters. The minimum atomic E-state index is -0.337. The number of benzene rings is 1. The number of carbonyl (C=O) groups excluding carboxylic acids is 1. The molecule has 0 bridgehead atoms. The lowest BCUT2D eigenvalue weighted by molar-refractivity contribution is 0.252. The number of rotatable bonds is 3. The number of aryl methyl sites for hydroxylation is 2. The second-order valence-corrected chi connectivity index (χ2v) is 5.30. The highest BCUT2D eigenvalue weighted by Gasteiger charge is 2.05. The van der Waals surface area contributed by atoms with Crippen LogP contribution in [0.1, 0.15) is 16.0 Å². The van der Waals surface area contributed by atoms with Crippen molar-refractivity contribution in [3.63, 3.8) is 0 Å². The van der Waals surface area contributed by atoms with Gasteiger partial charge in [-0.25, -0.2) is 9.18 Å². The van der Waals surface area contributed by atoms with Gasteiger partial charge in [-0.1, -0.05) is 6.07 Å². The van der Waals surface area contributed by atoms with Crippen LogP contribution in [0.25, 0.3) is 0 Å². The summed E-state index contributed by atoms with van der Waals surface area (Å²) in [7, 11) is 0. The van der Waals surface area contributed by atoms with Gasteiger partial charge in [0.05, 0.1) is 6.54 Å². The predicted molar refractivity (Wildman–Crippen MR) is 76.1 cm³/mol. The quantitative estimate of drug-likeness (QED) is 0.880. The number of anilines is 1. The summed E-state index contributed by atoms with van der Waals surface area (Å²) in [5, 5.41) is 7.34. The molecule has 1 heterocycles. The van der Waals surface area contributed by atoms with E-state index in [2.05, 4.69) is 10.6 Å². The van der Waals surface area contributed by atoms with Crippen molar-refractivity contribution in [2.24, 2.45) is 0 Å². The van der Waals surface area contributed by atoms with E-state index in [1.54, 1.807) is 30.4 Å². The van der Waals surface area contributed by atoms with Crippen LogP contribution in [-0.4, -0.2) is 6.03 Å². The standard InChI is InChI=1S/C14H15FN2OS/c1-9-3-4-11(7-12(9)15)17-14(18)16-8-13-10(2)5-6-19-13/h3-7H,8H2,1-2H3,(H2,16,17,18). The number of carbonyl (C=O) groups is 1. The van der Waals surface area contributed by atoms with Crippen LogP contribution in [0.5, 0.6) is 0 Å². The Balaban J connectivity index is 1.91. The molecule has 0 aliphatic heterocycles. The first kappa shape index (κ1) is 13.5. The van der Waals surface area contributed by atoms with Crippen molar-refractivity contribution in [2.75, 3.05) is 5.32 Å². The average molecular weight is 278 g/mol. The smallest absolute Gasteiger partial charge is 0.319 e. The predicted octanol–water partition coefficient (Wildman–Crippen LogP) is 3.83. The van der Waals surface area contributed by atoms with E-state index in [1.807, 2.05) is 18.4 Å². The molecule has 0 saturated heterocycles. The third-order valence-corrected chi connectivity index (χ3v) is 3.83. The summed E-state index contributed by atoms with van der Waals surface area (Å²) in [4.78, 5) is 12.8. The summed E-state index contributed by atoms with van der Waals surface area (Å²) < 4.78 is 13.3. The van der Waals surface area contributed by atoms with Crippen molar-refractivity contribution < 1.29 is 9.18 Å². The summed E-state index contributed by atoms with van der Waals surface area (Å²) in [5.74, 6) is -0.327. The van der Waals surface area contributed by atoms with Crippen LogP contribution < -0.4 is 10.6 Å². The molecule has 2 N–H and O–H groups in total. The molecule has 0 saturated carbocycles. The van der Waals surface area contributed by atoms with Gasteiger partial charge < -0.3 is 10.6 Å². The molecule has 3 nitrogen and oxygen atoms in total. The van der Waals surface area contributed by atoms with E-state index >= 15 is 0 Å². The van der Waals surface area contributed by atoms with Crippen molar-refractivity contribution in [1.82, 2.24) is 5.32 Å². The lowest BCUT2D eigenvalue weighted by atomic mass is 10.2. The van der Waals surface area contributed by atoms with Crippen LogP contribution >= 0.6 is 11.3 Å². The van der Waals surface area contributed by atoms with E-state index in [0.29, 0.717) is 17.8 Å². The van der Waals surface area contributed by atoms with Gasteiger partial charge in [0.15, 0.2) is 0 Å². The van der Waals surface area contributed by atoms with E-state index in [4.69, 9.17) is 0 Å². The zero-order valence-electron chi connectivity index (χ0n) is 10.8. The number of thiophene rings is 1. The molecule has 2 aromatic rings. The van der Waals surface area contributed by atoms with Crippen molar-refractivity contribution in [3.05, 3.63) is 51.5 Å². The topological polar surface area (TPSA) is 41.1 Å². The SMILES string of the molecule is Cc1ccc(NC(=O)NCc2sccc2C)cc1F. The third-order valence-electron chi connectivity index (χ3n) is 2.81. The fourth-order valence-corrected chi connectivity index (χ4v) is 2.44. The Hall–Kier alpha value is -1.88. The Bertz CT molecular complexity index is 595. The molecular weight excluding hydrogens is 263 g/mol. The van der Waals surface area contributed by atoms with Gasteiger partial charge in [0.2, 0.25) is 0 Å². The fraction of sp³-hybridized carbons (Fsp3) is 0.214. The fourth-order valence-electron chi connectivity index (χ4n) is 1.59. The van der Waals surface area contributed by atoms with Gasteiger partial charge in [-0.3, -0.25) is 0 Å². The van der Waals surface area contributed by atoms with Crippen LogP contribution in [0.2, 0.25) is 0 Å². The summed E-state index contributed by atoms with van der Waals surface area (Å²) in [6.45, 7) is 4.16. The minimum absolute atomic E-state index is 0.327. The molecular formula is C14H15FN2OS. The van der Waals surface area contributed by atoms with E-state index in [9.17, 15) is 9.18 Å². The number of hydrogen-bond donors (Lipinski definition) is 2. The van der Waals surface area contributed by atoms with Gasteiger partial charge >= 0.3 is 6.03 Å². The molecule has 2 amide bonds. The second kappa shape index (κ2) is 5.84. The summed E-state index contributed by atoms with van der Waals surface area (Å²) in [6.07, 6.45) is 0. The third kappa shape index (κ3) is 3.54. The van der Waals surface area contributed by atoms with Gasteiger partial charge in [-0.15, -0.1) is 11.3 Å². The number of urea groups is 1. The number of hydrogen-bond acceptors (Lipinski definition) is 2. The Morgan fingerprint density at radius 2 is 2.05 bits per heavy atom. The van der Waals surface area contributed by atoms with Crippen molar-refractivity contribution in [1.29, 1.82) is 0 Å². The lowest BCUT2D eigenvalue weighted by Gasteiger charge is -2.08. The highest BCUT2D eigenvalue weighted by molar-refractivity contribution is 7.10. The number of amides is 2. The summed E-state index contributed by atoms with van der Waals surface area (Å²) in [6, 6.07) is 6.29. The first-order chi connectivity index (χ1) is 9.06. The zero-order chi connectivity index (χ0) is 13.8. The maximum Gasteiger partial charge on any atom is 0.319 e.